The van der Waals surface area contributed by atoms with Crippen LogP contribution in [0.3, 0.4) is 0 Å². The van der Waals surface area contributed by atoms with Gasteiger partial charge in [0.25, 0.3) is 11.8 Å². The molecule has 2 aromatic rings. The van der Waals surface area contributed by atoms with Crippen molar-refractivity contribution in [3.63, 3.8) is 0 Å². The lowest BCUT2D eigenvalue weighted by Crippen LogP contribution is -2.37. The first-order valence-electron chi connectivity index (χ1n) is 7.95. The summed E-state index contributed by atoms with van der Waals surface area (Å²) in [5.41, 5.74) is 1.69. The molecule has 26 heavy (non-hydrogen) atoms. The topological polar surface area (TPSA) is 82.6 Å². The summed E-state index contributed by atoms with van der Waals surface area (Å²) in [6, 6.07) is 6.59. The van der Waals surface area contributed by atoms with E-state index in [1.807, 2.05) is 7.05 Å². The minimum absolute atomic E-state index is 0. The van der Waals surface area contributed by atoms with Crippen molar-refractivity contribution in [2.75, 3.05) is 25.5 Å². The van der Waals surface area contributed by atoms with E-state index in [4.69, 9.17) is 0 Å². The molecule has 0 saturated heterocycles. The zero-order valence-corrected chi connectivity index (χ0v) is 15.7. The fraction of sp³-hybridized carbons (Fsp3) is 0.294. The van der Waals surface area contributed by atoms with E-state index in [-0.39, 0.29) is 19.0 Å². The minimum atomic E-state index is -0.434. The van der Waals surface area contributed by atoms with Gasteiger partial charge in [-0.05, 0) is 19.2 Å². The second kappa shape index (κ2) is 7.14. The lowest BCUT2D eigenvalue weighted by molar-refractivity contribution is -0.116. The number of rotatable bonds is 3. The SMILES string of the molecule is CN1CCc2nc(NC(=O)CN3C(=O)c4ccccc4C3=O)sc2C1.Cl. The maximum absolute atomic E-state index is 12.3. The first-order chi connectivity index (χ1) is 12.0. The minimum Gasteiger partial charge on any atom is -0.301 e. The third kappa shape index (κ3) is 3.23. The van der Waals surface area contributed by atoms with Crippen molar-refractivity contribution >= 4 is 46.6 Å². The molecule has 0 atom stereocenters. The number of aromatic nitrogens is 1. The van der Waals surface area contributed by atoms with E-state index < -0.39 is 17.7 Å². The van der Waals surface area contributed by atoms with E-state index in [1.54, 1.807) is 24.3 Å². The molecule has 2 aliphatic rings. The van der Waals surface area contributed by atoms with Gasteiger partial charge >= 0.3 is 0 Å². The maximum Gasteiger partial charge on any atom is 0.262 e. The van der Waals surface area contributed by atoms with Gasteiger partial charge in [0, 0.05) is 24.4 Å². The quantitative estimate of drug-likeness (QED) is 0.805. The molecule has 1 aromatic carbocycles. The van der Waals surface area contributed by atoms with Crippen molar-refractivity contribution in [2.24, 2.45) is 0 Å². The highest BCUT2D eigenvalue weighted by molar-refractivity contribution is 7.15. The third-order valence-electron chi connectivity index (χ3n) is 4.35. The molecule has 9 heteroatoms. The molecule has 3 amide bonds. The van der Waals surface area contributed by atoms with Crippen LogP contribution in [0.4, 0.5) is 5.13 Å². The number of halogens is 1. The number of anilines is 1. The molecule has 2 aliphatic heterocycles. The van der Waals surface area contributed by atoms with Crippen molar-refractivity contribution < 1.29 is 14.4 Å². The molecular formula is C17H17ClN4O3S. The summed E-state index contributed by atoms with van der Waals surface area (Å²) in [7, 11) is 2.04. The number of likely N-dealkylation sites (N-methyl/N-ethyl adjacent to an activating group) is 1. The molecule has 0 unspecified atom stereocenters. The number of hydrogen-bond acceptors (Lipinski definition) is 6. The van der Waals surface area contributed by atoms with Gasteiger partial charge in [-0.15, -0.1) is 23.7 Å². The first-order valence-corrected chi connectivity index (χ1v) is 8.77. The molecule has 0 spiro atoms. The lowest BCUT2D eigenvalue weighted by atomic mass is 10.1. The molecule has 136 valence electrons. The zero-order chi connectivity index (χ0) is 17.6. The second-order valence-corrected chi connectivity index (χ2v) is 7.25. The van der Waals surface area contributed by atoms with Crippen LogP contribution in [0.5, 0.6) is 0 Å². The highest BCUT2D eigenvalue weighted by Gasteiger charge is 2.36. The van der Waals surface area contributed by atoms with E-state index in [9.17, 15) is 14.4 Å². The van der Waals surface area contributed by atoms with Gasteiger partial charge in [0.15, 0.2) is 5.13 Å². The number of nitrogens with zero attached hydrogens (tertiary/aromatic N) is 3. The highest BCUT2D eigenvalue weighted by Crippen LogP contribution is 2.28. The van der Waals surface area contributed by atoms with Crippen LogP contribution >= 0.6 is 23.7 Å². The number of hydrogen-bond donors (Lipinski definition) is 1. The Bertz CT molecular complexity index is 863. The number of imide groups is 1. The average Bonchev–Trinajstić information content (AvgIpc) is 3.09. The monoisotopic (exact) mass is 392 g/mol. The summed E-state index contributed by atoms with van der Waals surface area (Å²) >= 11 is 1.44. The third-order valence-corrected chi connectivity index (χ3v) is 5.35. The van der Waals surface area contributed by atoms with Crippen LogP contribution in [0.2, 0.25) is 0 Å². The van der Waals surface area contributed by atoms with E-state index in [0.29, 0.717) is 16.3 Å². The van der Waals surface area contributed by atoms with Gasteiger partial charge < -0.3 is 10.2 Å². The smallest absolute Gasteiger partial charge is 0.262 e. The molecule has 1 N–H and O–H groups in total. The van der Waals surface area contributed by atoms with Crippen LogP contribution < -0.4 is 5.32 Å². The van der Waals surface area contributed by atoms with Crippen LogP contribution in [0.15, 0.2) is 24.3 Å². The number of thiazole rings is 1. The lowest BCUT2D eigenvalue weighted by Gasteiger charge is -2.20. The van der Waals surface area contributed by atoms with Crippen LogP contribution in [-0.2, 0) is 17.8 Å². The number of nitrogens with one attached hydrogen (secondary N) is 1. The summed E-state index contributed by atoms with van der Waals surface area (Å²) in [6.07, 6.45) is 0.858. The largest absolute Gasteiger partial charge is 0.301 e. The molecule has 0 bridgehead atoms. The van der Waals surface area contributed by atoms with Gasteiger partial charge in [-0.3, -0.25) is 19.3 Å². The molecular weight excluding hydrogens is 376 g/mol. The molecule has 4 rings (SSSR count). The summed E-state index contributed by atoms with van der Waals surface area (Å²) in [5, 5.41) is 3.23. The first kappa shape index (κ1) is 18.5. The number of carbonyl (C=O) groups is 3. The average molecular weight is 393 g/mol. The van der Waals surface area contributed by atoms with E-state index in [0.717, 1.165) is 35.0 Å². The van der Waals surface area contributed by atoms with Crippen LogP contribution in [0, 0.1) is 0 Å². The van der Waals surface area contributed by atoms with Gasteiger partial charge in [0.05, 0.1) is 16.8 Å². The van der Waals surface area contributed by atoms with E-state index in [2.05, 4.69) is 15.2 Å². The van der Waals surface area contributed by atoms with Crippen molar-refractivity contribution in [1.82, 2.24) is 14.8 Å². The Morgan fingerprint density at radius 2 is 1.88 bits per heavy atom. The van der Waals surface area contributed by atoms with Gasteiger partial charge in [-0.25, -0.2) is 4.98 Å². The Morgan fingerprint density at radius 1 is 1.23 bits per heavy atom. The van der Waals surface area contributed by atoms with E-state index >= 15 is 0 Å². The standard InChI is InChI=1S/C17H16N4O3S.ClH/c1-20-7-6-12-13(8-20)25-17(18-12)19-14(22)9-21-15(23)10-4-2-3-5-11(10)16(21)24;/h2-5H,6-9H2,1H3,(H,18,19,22);1H. The molecule has 0 fully saturated rings. The van der Waals surface area contributed by atoms with Crippen LogP contribution in [0.25, 0.3) is 0 Å². The van der Waals surface area contributed by atoms with Crippen LogP contribution in [0.1, 0.15) is 31.3 Å². The molecule has 0 radical (unpaired) electrons. The van der Waals surface area contributed by atoms with Gasteiger partial charge in [0.1, 0.15) is 6.54 Å². The molecule has 3 heterocycles. The van der Waals surface area contributed by atoms with Crippen LogP contribution in [-0.4, -0.2) is 52.6 Å². The predicted molar refractivity (Wildman–Crippen MR) is 99.8 cm³/mol. The summed E-state index contributed by atoms with van der Waals surface area (Å²) in [4.78, 5) is 45.6. The normalized spacial score (nSPS) is 16.1. The Morgan fingerprint density at radius 3 is 2.54 bits per heavy atom. The Labute approximate surface area is 160 Å². The Kier molecular flexibility index (Phi) is 5.08. The van der Waals surface area contributed by atoms with Gasteiger partial charge in [-0.1, -0.05) is 12.1 Å². The van der Waals surface area contributed by atoms with Crippen molar-refractivity contribution in [2.45, 2.75) is 13.0 Å². The molecule has 7 nitrogen and oxygen atoms in total. The molecule has 0 saturated carbocycles. The van der Waals surface area contributed by atoms with E-state index in [1.165, 1.54) is 11.3 Å². The Hall–Kier alpha value is -2.29. The predicted octanol–water partition coefficient (Wildman–Crippen LogP) is 1.79. The number of carbonyl (C=O) groups excluding carboxylic acids is 3. The second-order valence-electron chi connectivity index (χ2n) is 6.17. The maximum atomic E-state index is 12.3. The van der Waals surface area contributed by atoms with Gasteiger partial charge in [-0.2, -0.15) is 0 Å². The fourth-order valence-corrected chi connectivity index (χ4v) is 4.17. The highest BCUT2D eigenvalue weighted by atomic mass is 35.5. The number of amides is 3. The Balaban J connectivity index is 0.00000196. The number of fused-ring (bicyclic) bond motifs is 2. The zero-order valence-electron chi connectivity index (χ0n) is 14.0. The van der Waals surface area contributed by atoms with Crippen molar-refractivity contribution in [3.8, 4) is 0 Å². The summed E-state index contributed by atoms with van der Waals surface area (Å²) in [5.74, 6) is -1.29. The van der Waals surface area contributed by atoms with Crippen molar-refractivity contribution in [3.05, 3.63) is 46.0 Å². The van der Waals surface area contributed by atoms with Gasteiger partial charge in [0.2, 0.25) is 5.91 Å². The molecule has 0 aliphatic carbocycles. The summed E-state index contributed by atoms with van der Waals surface area (Å²) in [6.45, 7) is 1.46. The number of benzene rings is 1. The fourth-order valence-electron chi connectivity index (χ4n) is 3.06. The summed E-state index contributed by atoms with van der Waals surface area (Å²) < 4.78 is 0. The molecule has 1 aromatic heterocycles. The van der Waals surface area contributed by atoms with Crippen molar-refractivity contribution in [1.29, 1.82) is 0 Å².